The van der Waals surface area contributed by atoms with Gasteiger partial charge in [-0.15, -0.1) is 0 Å². The first-order chi connectivity index (χ1) is 16.6. The molecule has 0 radical (unpaired) electrons. The van der Waals surface area contributed by atoms with E-state index in [0.29, 0.717) is 53.6 Å². The fourth-order valence-electron chi connectivity index (χ4n) is 5.02. The van der Waals surface area contributed by atoms with E-state index >= 15 is 0 Å². The number of rotatable bonds is 8. The highest BCUT2D eigenvalue weighted by atomic mass is 35.5. The summed E-state index contributed by atoms with van der Waals surface area (Å²) in [7, 11) is 0. The number of ether oxygens (including phenoxy) is 2. The summed E-state index contributed by atoms with van der Waals surface area (Å²) in [6.45, 7) is 3.46. The molecule has 2 amide bonds. The van der Waals surface area contributed by atoms with Crippen LogP contribution in [0.5, 0.6) is 11.5 Å². The summed E-state index contributed by atoms with van der Waals surface area (Å²) >= 11 is 12.1. The van der Waals surface area contributed by atoms with Crippen LogP contribution < -0.4 is 20.1 Å². The van der Waals surface area contributed by atoms with Gasteiger partial charge < -0.3 is 25.2 Å². The van der Waals surface area contributed by atoms with Crippen LogP contribution in [0.3, 0.4) is 0 Å². The van der Waals surface area contributed by atoms with Crippen molar-refractivity contribution in [2.75, 3.05) is 13.2 Å². The van der Waals surface area contributed by atoms with Crippen LogP contribution in [0.1, 0.15) is 43.2 Å². The summed E-state index contributed by atoms with van der Waals surface area (Å²) in [5, 5.41) is 18.3. The number of aryl methyl sites for hydroxylation is 2. The summed E-state index contributed by atoms with van der Waals surface area (Å²) in [5.74, 6) is 0.603. The first-order valence-electron chi connectivity index (χ1n) is 11.7. The van der Waals surface area contributed by atoms with Gasteiger partial charge in [0, 0.05) is 15.6 Å². The van der Waals surface area contributed by atoms with E-state index in [2.05, 4.69) is 10.6 Å². The number of carbonyl (C=O) groups is 2. The maximum absolute atomic E-state index is 12.6. The Morgan fingerprint density at radius 1 is 0.886 bits per heavy atom. The maximum Gasteiger partial charge on any atom is 0.258 e. The third-order valence-corrected chi connectivity index (χ3v) is 7.96. The molecule has 3 aliphatic carbocycles. The third-order valence-electron chi connectivity index (χ3n) is 7.11. The zero-order chi connectivity index (χ0) is 25.2. The van der Waals surface area contributed by atoms with E-state index in [1.54, 1.807) is 36.4 Å². The van der Waals surface area contributed by atoms with Gasteiger partial charge >= 0.3 is 0 Å². The van der Waals surface area contributed by atoms with Gasteiger partial charge in [0.15, 0.2) is 13.2 Å². The van der Waals surface area contributed by atoms with Gasteiger partial charge in [-0.2, -0.15) is 0 Å². The van der Waals surface area contributed by atoms with Crippen molar-refractivity contribution in [2.45, 2.75) is 63.1 Å². The average molecular weight is 521 g/mol. The van der Waals surface area contributed by atoms with E-state index in [4.69, 9.17) is 32.7 Å². The minimum atomic E-state index is -0.771. The summed E-state index contributed by atoms with van der Waals surface area (Å²) < 4.78 is 11.2. The molecule has 1 atom stereocenters. The normalized spacial score (nSPS) is 25.1. The lowest BCUT2D eigenvalue weighted by atomic mass is 9.60. The van der Waals surface area contributed by atoms with Crippen molar-refractivity contribution in [2.24, 2.45) is 0 Å². The standard InChI is InChI=1S/C26H30Cl2N2O5/c1-16-11-18(3-5-20(16)27)34-14-23(32)29-25-7-9-26(10-8-25,22(31)13-25)30-24(33)15-35-19-4-6-21(28)17(2)12-19/h3-6,11-12,22,31H,7-10,13-15H2,1-2H3,(H,29,32)(H,30,33)/t22-,25?,26?/m1/s1. The van der Waals surface area contributed by atoms with Crippen molar-refractivity contribution in [3.05, 3.63) is 57.6 Å². The van der Waals surface area contributed by atoms with Crippen molar-refractivity contribution in [1.82, 2.24) is 10.6 Å². The fraction of sp³-hybridized carbons (Fsp3) is 0.462. The summed E-state index contributed by atoms with van der Waals surface area (Å²) in [6.07, 6.45) is 2.05. The van der Waals surface area contributed by atoms with Crippen LogP contribution in [-0.2, 0) is 9.59 Å². The van der Waals surface area contributed by atoms with Gasteiger partial charge in [0.2, 0.25) is 0 Å². The largest absolute Gasteiger partial charge is 0.484 e. The van der Waals surface area contributed by atoms with E-state index in [9.17, 15) is 14.7 Å². The average Bonchev–Trinajstić information content (AvgIpc) is 2.82. The lowest BCUT2D eigenvalue weighted by molar-refractivity contribution is -0.137. The molecule has 0 aliphatic heterocycles. The van der Waals surface area contributed by atoms with Crippen LogP contribution in [-0.4, -0.2) is 47.3 Å². The Morgan fingerprint density at radius 2 is 1.37 bits per heavy atom. The minimum Gasteiger partial charge on any atom is -0.484 e. The molecular weight excluding hydrogens is 491 g/mol. The molecule has 3 fully saturated rings. The molecular formula is C26H30Cl2N2O5. The second-order valence-electron chi connectivity index (χ2n) is 9.65. The molecule has 2 aromatic rings. The summed E-state index contributed by atoms with van der Waals surface area (Å²) in [6, 6.07) is 10.5. The highest BCUT2D eigenvalue weighted by molar-refractivity contribution is 6.31. The highest BCUT2D eigenvalue weighted by Gasteiger charge is 2.55. The number of aliphatic hydroxyl groups is 1. The Hall–Kier alpha value is -2.48. The molecule has 0 saturated heterocycles. The number of carbonyl (C=O) groups excluding carboxylic acids is 2. The second-order valence-corrected chi connectivity index (χ2v) is 10.5. The second kappa shape index (κ2) is 10.2. The van der Waals surface area contributed by atoms with Crippen LogP contribution in [0.25, 0.3) is 0 Å². The Balaban J connectivity index is 1.28. The predicted molar refractivity (Wildman–Crippen MR) is 134 cm³/mol. The monoisotopic (exact) mass is 520 g/mol. The molecule has 2 bridgehead atoms. The molecule has 3 N–H and O–H groups in total. The van der Waals surface area contributed by atoms with E-state index in [-0.39, 0.29) is 25.0 Å². The number of aliphatic hydroxyl groups excluding tert-OH is 1. The van der Waals surface area contributed by atoms with Crippen molar-refractivity contribution in [3.63, 3.8) is 0 Å². The Bertz CT molecular complexity index is 1110. The molecule has 0 aromatic heterocycles. The van der Waals surface area contributed by atoms with Crippen molar-refractivity contribution < 1.29 is 24.2 Å². The number of hydrogen-bond donors (Lipinski definition) is 3. The SMILES string of the molecule is Cc1cc(OCC(=O)NC23CCC(NC(=O)COc4ccc(Cl)c(C)c4)(CC2)[C@H](O)C3)ccc1Cl. The zero-order valence-corrected chi connectivity index (χ0v) is 21.3. The maximum atomic E-state index is 12.6. The van der Waals surface area contributed by atoms with Crippen LogP contribution in [0.15, 0.2) is 36.4 Å². The number of hydrogen-bond acceptors (Lipinski definition) is 5. The van der Waals surface area contributed by atoms with E-state index in [0.717, 1.165) is 11.1 Å². The number of fused-ring (bicyclic) bond motifs is 3. The molecule has 5 rings (SSSR count). The van der Waals surface area contributed by atoms with Crippen LogP contribution in [0.4, 0.5) is 0 Å². The molecule has 7 nitrogen and oxygen atoms in total. The molecule has 3 aliphatic rings. The van der Waals surface area contributed by atoms with Gasteiger partial charge in [-0.1, -0.05) is 23.2 Å². The number of amides is 2. The number of benzene rings is 2. The van der Waals surface area contributed by atoms with Gasteiger partial charge in [-0.25, -0.2) is 0 Å². The van der Waals surface area contributed by atoms with E-state index in [1.807, 2.05) is 13.8 Å². The van der Waals surface area contributed by atoms with E-state index < -0.39 is 17.2 Å². The first-order valence-corrected chi connectivity index (χ1v) is 12.4. The zero-order valence-electron chi connectivity index (χ0n) is 19.8. The first kappa shape index (κ1) is 25.6. The topological polar surface area (TPSA) is 96.9 Å². The Labute approximate surface area is 215 Å². The van der Waals surface area contributed by atoms with Crippen LogP contribution >= 0.6 is 23.2 Å². The summed E-state index contributed by atoms with van der Waals surface area (Å²) in [4.78, 5) is 25.2. The van der Waals surface area contributed by atoms with Gasteiger partial charge in [0.1, 0.15) is 11.5 Å². The summed E-state index contributed by atoms with van der Waals surface area (Å²) in [5.41, 5.74) is 0.530. The predicted octanol–water partition coefficient (Wildman–Crippen LogP) is 4.12. The molecule has 0 unspecified atom stereocenters. The van der Waals surface area contributed by atoms with Crippen LogP contribution in [0.2, 0.25) is 10.0 Å². The smallest absolute Gasteiger partial charge is 0.258 e. The van der Waals surface area contributed by atoms with Crippen molar-refractivity contribution in [1.29, 1.82) is 0 Å². The lowest BCUT2D eigenvalue weighted by Crippen LogP contribution is -2.70. The van der Waals surface area contributed by atoms with E-state index in [1.165, 1.54) is 0 Å². The minimum absolute atomic E-state index is 0.123. The molecule has 0 heterocycles. The number of nitrogens with one attached hydrogen (secondary N) is 2. The molecule has 2 aromatic carbocycles. The molecule has 9 heteroatoms. The van der Waals surface area contributed by atoms with Gasteiger partial charge in [0.05, 0.1) is 11.6 Å². The molecule has 3 saturated carbocycles. The van der Waals surface area contributed by atoms with Crippen LogP contribution in [0, 0.1) is 13.8 Å². The van der Waals surface area contributed by atoms with Crippen molar-refractivity contribution in [3.8, 4) is 11.5 Å². The quantitative estimate of drug-likeness (QED) is 0.486. The Morgan fingerprint density at radius 3 is 1.83 bits per heavy atom. The van der Waals surface area contributed by atoms with Crippen molar-refractivity contribution >= 4 is 35.0 Å². The third kappa shape index (κ3) is 5.85. The van der Waals surface area contributed by atoms with Gasteiger partial charge in [-0.05, 0) is 93.5 Å². The Kier molecular flexibility index (Phi) is 7.50. The lowest BCUT2D eigenvalue weighted by Gasteiger charge is -2.56. The highest BCUT2D eigenvalue weighted by Crippen LogP contribution is 2.47. The van der Waals surface area contributed by atoms with Gasteiger partial charge in [-0.3, -0.25) is 9.59 Å². The fourth-order valence-corrected chi connectivity index (χ4v) is 5.25. The molecule has 35 heavy (non-hydrogen) atoms. The molecule has 0 spiro atoms. The number of halogens is 2. The van der Waals surface area contributed by atoms with Gasteiger partial charge in [0.25, 0.3) is 11.8 Å². The molecule has 188 valence electrons.